The number of hydrogen-bond donors (Lipinski definition) is 0. The highest BCUT2D eigenvalue weighted by atomic mass is 14.4. The predicted molar refractivity (Wildman–Crippen MR) is 307 cm³/mol. The number of fused-ring (bicyclic) bond motifs is 8. The van der Waals surface area contributed by atoms with Gasteiger partial charge in [-0.3, -0.25) is 0 Å². The molecule has 0 unspecified atom stereocenters. The van der Waals surface area contributed by atoms with E-state index in [2.05, 4.69) is 257 Å². The maximum absolute atomic E-state index is 2.52. The van der Waals surface area contributed by atoms with E-state index in [0.717, 1.165) is 0 Å². The van der Waals surface area contributed by atoms with E-state index in [4.69, 9.17) is 0 Å². The van der Waals surface area contributed by atoms with Gasteiger partial charge in [-0.05, 0) is 204 Å². The van der Waals surface area contributed by atoms with Gasteiger partial charge in [-0.1, -0.05) is 218 Å². The Morgan fingerprint density at radius 1 is 0.194 bits per heavy atom. The summed E-state index contributed by atoms with van der Waals surface area (Å²) in [6.45, 7) is 4.48. The van der Waals surface area contributed by atoms with Gasteiger partial charge in [-0.2, -0.15) is 0 Å². The van der Waals surface area contributed by atoms with E-state index in [-0.39, 0.29) is 0 Å². The maximum atomic E-state index is 2.52. The van der Waals surface area contributed by atoms with E-state index in [0.29, 0.717) is 0 Å². The summed E-state index contributed by atoms with van der Waals surface area (Å²) < 4.78 is 0. The number of aryl methyl sites for hydroxylation is 2. The van der Waals surface area contributed by atoms with Crippen molar-refractivity contribution in [2.24, 2.45) is 0 Å². The minimum absolute atomic E-state index is 1.20. The highest BCUT2D eigenvalue weighted by molar-refractivity contribution is 6.30. The van der Waals surface area contributed by atoms with Crippen molar-refractivity contribution in [1.29, 1.82) is 0 Å². The van der Waals surface area contributed by atoms with Crippen LogP contribution in [0.3, 0.4) is 0 Å². The van der Waals surface area contributed by atoms with Crippen LogP contribution in [0, 0.1) is 13.8 Å². The molecule has 0 aliphatic heterocycles. The summed E-state index contributed by atoms with van der Waals surface area (Å²) in [5.74, 6) is 0. The van der Waals surface area contributed by atoms with E-state index in [9.17, 15) is 0 Å². The summed E-state index contributed by atoms with van der Waals surface area (Å²) in [5, 5.41) is 10.2. The zero-order chi connectivity index (χ0) is 47.6. The van der Waals surface area contributed by atoms with Crippen LogP contribution in [-0.2, 0) is 0 Å². The lowest BCUT2D eigenvalue weighted by Gasteiger charge is -2.22. The summed E-state index contributed by atoms with van der Waals surface area (Å²) >= 11 is 0. The van der Waals surface area contributed by atoms with Crippen molar-refractivity contribution in [3.05, 3.63) is 254 Å². The van der Waals surface area contributed by atoms with Crippen molar-refractivity contribution in [3.8, 4) is 111 Å². The summed E-state index contributed by atoms with van der Waals surface area (Å²) in [6.07, 6.45) is 0. The van der Waals surface area contributed by atoms with Crippen molar-refractivity contribution in [3.63, 3.8) is 0 Å². The van der Waals surface area contributed by atoms with Crippen LogP contribution in [0.2, 0.25) is 0 Å². The first-order chi connectivity index (χ1) is 35.6. The van der Waals surface area contributed by atoms with Gasteiger partial charge in [-0.25, -0.2) is 0 Å². The zero-order valence-corrected chi connectivity index (χ0v) is 40.1. The minimum Gasteiger partial charge on any atom is -0.0622 e. The third kappa shape index (κ3) is 5.87. The fourth-order valence-electron chi connectivity index (χ4n) is 13.0. The van der Waals surface area contributed by atoms with Crippen molar-refractivity contribution >= 4 is 43.1 Å². The zero-order valence-electron chi connectivity index (χ0n) is 40.1. The molecule has 0 atom stereocenters. The summed E-state index contributed by atoms with van der Waals surface area (Å²) in [6, 6.07) is 91.2. The molecule has 0 amide bonds. The van der Waals surface area contributed by atoms with Crippen molar-refractivity contribution < 1.29 is 0 Å². The smallest absolute Gasteiger partial charge is 0.000720 e. The Morgan fingerprint density at radius 3 is 1.04 bits per heavy atom. The van der Waals surface area contributed by atoms with E-state index < -0.39 is 0 Å². The first-order valence-electron chi connectivity index (χ1n) is 25.2. The van der Waals surface area contributed by atoms with Crippen LogP contribution < -0.4 is 0 Å². The SMILES string of the molecule is Cc1cccc(C)c1-c1ccc2c(-c3ccccc3)c3c(c(-c4ccccc4)c2c1)-c1cccc2cc(-c4ccc5c(-c6ccccc6)c6c(c(-c7ccccc7)c5c4)-c4cccc5cccc-6c45)cc-3c12. The predicted octanol–water partition coefficient (Wildman–Crippen LogP) is 20.2. The molecule has 2 aliphatic rings. The van der Waals surface area contributed by atoms with Gasteiger partial charge in [0.2, 0.25) is 0 Å². The first-order valence-corrected chi connectivity index (χ1v) is 25.2. The molecular formula is C72H46. The van der Waals surface area contributed by atoms with Crippen molar-refractivity contribution in [1.82, 2.24) is 0 Å². The fourth-order valence-corrected chi connectivity index (χ4v) is 13.0. The minimum atomic E-state index is 1.20. The Kier molecular flexibility index (Phi) is 8.89. The van der Waals surface area contributed by atoms with Crippen LogP contribution >= 0.6 is 0 Å². The summed E-state index contributed by atoms with van der Waals surface area (Å²) in [7, 11) is 0. The quantitative estimate of drug-likeness (QED) is 0.156. The molecule has 72 heavy (non-hydrogen) atoms. The van der Waals surface area contributed by atoms with E-state index in [1.165, 1.54) is 165 Å². The maximum Gasteiger partial charge on any atom is -0.000720 e. The van der Waals surface area contributed by atoms with Crippen LogP contribution in [-0.4, -0.2) is 0 Å². The average molecular weight is 911 g/mol. The number of rotatable bonds is 6. The molecular weight excluding hydrogens is 865 g/mol. The highest BCUT2D eigenvalue weighted by Crippen LogP contribution is 2.61. The van der Waals surface area contributed by atoms with Gasteiger partial charge < -0.3 is 0 Å². The van der Waals surface area contributed by atoms with E-state index in [1.54, 1.807) is 0 Å². The lowest BCUT2D eigenvalue weighted by Crippen LogP contribution is -1.95. The number of benzene rings is 13. The Hall–Kier alpha value is -9.10. The number of hydrogen-bond acceptors (Lipinski definition) is 0. The topological polar surface area (TPSA) is 0 Å². The molecule has 0 saturated heterocycles. The summed E-state index contributed by atoms with van der Waals surface area (Å²) in [5.41, 5.74) is 28.1. The molecule has 0 heteroatoms. The molecule has 334 valence electrons. The molecule has 15 rings (SSSR count). The molecule has 0 N–H and O–H groups in total. The first kappa shape index (κ1) is 40.8. The molecule has 0 radical (unpaired) electrons. The second-order valence-corrected chi connectivity index (χ2v) is 19.9. The lowest BCUT2D eigenvalue weighted by molar-refractivity contribution is 1.38. The van der Waals surface area contributed by atoms with Gasteiger partial charge in [0, 0.05) is 0 Å². The highest BCUT2D eigenvalue weighted by Gasteiger charge is 2.33. The molecule has 13 aromatic rings. The van der Waals surface area contributed by atoms with Gasteiger partial charge in [-0.15, -0.1) is 0 Å². The van der Waals surface area contributed by atoms with Crippen LogP contribution in [0.1, 0.15) is 11.1 Å². The third-order valence-corrected chi connectivity index (χ3v) is 15.9. The van der Waals surface area contributed by atoms with Crippen LogP contribution in [0.5, 0.6) is 0 Å². The van der Waals surface area contributed by atoms with Gasteiger partial charge in [0.05, 0.1) is 0 Å². The molecule has 2 aliphatic carbocycles. The normalized spacial score (nSPS) is 12.0. The monoisotopic (exact) mass is 910 g/mol. The van der Waals surface area contributed by atoms with Crippen LogP contribution in [0.15, 0.2) is 243 Å². The molecule has 0 heterocycles. The molecule has 0 spiro atoms. The van der Waals surface area contributed by atoms with Gasteiger partial charge in [0.15, 0.2) is 0 Å². The van der Waals surface area contributed by atoms with E-state index in [1.807, 2.05) is 0 Å². The van der Waals surface area contributed by atoms with Gasteiger partial charge in [0.1, 0.15) is 0 Å². The molecule has 0 fully saturated rings. The van der Waals surface area contributed by atoms with Gasteiger partial charge >= 0.3 is 0 Å². The van der Waals surface area contributed by atoms with E-state index >= 15 is 0 Å². The third-order valence-electron chi connectivity index (χ3n) is 15.9. The molecule has 0 bridgehead atoms. The Balaban J connectivity index is 1.04. The van der Waals surface area contributed by atoms with Crippen molar-refractivity contribution in [2.45, 2.75) is 13.8 Å². The Morgan fingerprint density at radius 2 is 0.569 bits per heavy atom. The molecule has 13 aromatic carbocycles. The molecule has 0 saturated carbocycles. The van der Waals surface area contributed by atoms with Gasteiger partial charge in [0.25, 0.3) is 0 Å². The molecule has 0 nitrogen and oxygen atoms in total. The Bertz CT molecular complexity index is 4380. The fraction of sp³-hybridized carbons (Fsp3) is 0.0278. The largest absolute Gasteiger partial charge is 0.0622 e. The second-order valence-electron chi connectivity index (χ2n) is 19.9. The lowest BCUT2D eigenvalue weighted by atomic mass is 9.81. The summed E-state index contributed by atoms with van der Waals surface area (Å²) in [4.78, 5) is 0. The molecule has 0 aromatic heterocycles. The second kappa shape index (κ2) is 15.7. The Labute approximate surface area is 419 Å². The van der Waals surface area contributed by atoms with Crippen molar-refractivity contribution in [2.75, 3.05) is 0 Å². The average Bonchev–Trinajstić information content (AvgIpc) is 3.94. The van der Waals surface area contributed by atoms with Crippen LogP contribution in [0.25, 0.3) is 154 Å². The van der Waals surface area contributed by atoms with Crippen LogP contribution in [0.4, 0.5) is 0 Å². The standard InChI is InChI=1S/C72H46/c1-43-19-15-20-44(2)62(43)52-36-38-55-60(41-52)68(49-27-13-6-14-28-49)71-58-34-18-31-51-39-53(42-61(64(51)58)72(71)66(55)47-23-9-4-10-24-47)50-35-37-54-59(40-50)67(48-25-11-5-12-26-48)70-57-33-17-30-45-29-16-32-56(63(45)57)69(70)65(54)46-21-7-3-8-22-46/h3-42H,1-2H3.